The molecule has 0 fully saturated rings. The van der Waals surface area contributed by atoms with Crippen LogP contribution in [-0.4, -0.2) is 18.9 Å². The van der Waals surface area contributed by atoms with Gasteiger partial charge in [0.25, 0.3) is 0 Å². The van der Waals surface area contributed by atoms with Crippen LogP contribution in [-0.2, 0) is 4.79 Å². The summed E-state index contributed by atoms with van der Waals surface area (Å²) in [5.41, 5.74) is 10.5. The molecule has 0 aromatic carbocycles. The lowest BCUT2D eigenvalue weighted by molar-refractivity contribution is 0.529. The van der Waals surface area contributed by atoms with Gasteiger partial charge in [0.05, 0.1) is 6.04 Å². The van der Waals surface area contributed by atoms with Gasteiger partial charge in [0.15, 0.2) is 0 Å². The van der Waals surface area contributed by atoms with Crippen LogP contribution in [0.5, 0.6) is 0 Å². The van der Waals surface area contributed by atoms with Gasteiger partial charge in [0.2, 0.25) is 6.29 Å². The fourth-order valence-corrected chi connectivity index (χ4v) is 0.568. The Balaban J connectivity index is 2.96. The summed E-state index contributed by atoms with van der Waals surface area (Å²) in [5, 5.41) is 0. The van der Waals surface area contributed by atoms with Crippen LogP contribution in [0.2, 0.25) is 0 Å². The molecule has 0 amide bonds. The quantitative estimate of drug-likeness (QED) is 0.494. The molecule has 53 valence electrons. The number of unbranched alkanes of at least 4 members (excludes halogenated alkanes) is 1. The Morgan fingerprint density at radius 3 is 2.56 bits per heavy atom. The minimum atomic E-state index is -0.406. The normalized spacial score (nSPS) is 13.1. The maximum atomic E-state index is 9.82. The first-order valence-electron chi connectivity index (χ1n) is 3.14. The zero-order chi connectivity index (χ0) is 7.11. The largest absolute Gasteiger partial charge is 0.330 e. The minimum Gasteiger partial charge on any atom is -0.330 e. The first kappa shape index (κ1) is 8.59. The summed E-state index contributed by atoms with van der Waals surface area (Å²) in [6, 6.07) is -0.406. The Morgan fingerprint density at radius 2 is 2.11 bits per heavy atom. The second kappa shape index (κ2) is 5.72. The second-order valence-electron chi connectivity index (χ2n) is 2.01. The van der Waals surface area contributed by atoms with Crippen LogP contribution in [0.25, 0.3) is 0 Å². The summed E-state index contributed by atoms with van der Waals surface area (Å²) in [4.78, 5) is 9.82. The molecule has 0 aromatic heterocycles. The van der Waals surface area contributed by atoms with E-state index in [1.54, 1.807) is 6.29 Å². The third-order valence-electron chi connectivity index (χ3n) is 1.12. The van der Waals surface area contributed by atoms with E-state index >= 15 is 0 Å². The third kappa shape index (κ3) is 5.46. The molecule has 3 nitrogen and oxygen atoms in total. The Hall–Kier alpha value is -0.410. The van der Waals surface area contributed by atoms with Gasteiger partial charge in [-0.05, 0) is 19.4 Å². The minimum absolute atomic E-state index is 0.406. The summed E-state index contributed by atoms with van der Waals surface area (Å²) in [6.07, 6.45) is 4.28. The van der Waals surface area contributed by atoms with Gasteiger partial charge in [-0.3, -0.25) is 4.79 Å². The van der Waals surface area contributed by atoms with E-state index in [-0.39, 0.29) is 0 Å². The molecule has 0 aliphatic carbocycles. The van der Waals surface area contributed by atoms with E-state index in [4.69, 9.17) is 11.5 Å². The lowest BCUT2D eigenvalue weighted by atomic mass is 10.1. The number of nitrogens with two attached hydrogens (primary N) is 2. The van der Waals surface area contributed by atoms with Crippen molar-refractivity contribution in [1.29, 1.82) is 0 Å². The summed E-state index contributed by atoms with van der Waals surface area (Å²) >= 11 is 0. The molecule has 0 spiro atoms. The lowest BCUT2D eigenvalue weighted by Crippen LogP contribution is -2.21. The zero-order valence-corrected chi connectivity index (χ0v) is 5.47. The summed E-state index contributed by atoms with van der Waals surface area (Å²) in [5.74, 6) is 0. The third-order valence-corrected chi connectivity index (χ3v) is 1.12. The van der Waals surface area contributed by atoms with E-state index in [9.17, 15) is 4.79 Å². The summed E-state index contributed by atoms with van der Waals surface area (Å²) in [6.45, 7) is 0.672. The second-order valence-corrected chi connectivity index (χ2v) is 2.01. The van der Waals surface area contributed by atoms with Gasteiger partial charge in [0, 0.05) is 0 Å². The SMILES string of the molecule is NCCCCC(N)[C]=O. The highest BCUT2D eigenvalue weighted by Gasteiger charge is 1.98. The highest BCUT2D eigenvalue weighted by atomic mass is 16.1. The van der Waals surface area contributed by atoms with Crippen LogP contribution in [0.1, 0.15) is 19.3 Å². The standard InChI is InChI=1S/C6H13N2O/c7-4-2-1-3-6(8)5-9/h6H,1-4,7-8H2. The van der Waals surface area contributed by atoms with Crippen molar-refractivity contribution in [1.82, 2.24) is 0 Å². The van der Waals surface area contributed by atoms with E-state index in [0.29, 0.717) is 13.0 Å². The topological polar surface area (TPSA) is 69.1 Å². The molecule has 4 N–H and O–H groups in total. The molecule has 0 saturated carbocycles. The van der Waals surface area contributed by atoms with Crippen molar-refractivity contribution in [3.05, 3.63) is 0 Å². The molecule has 1 unspecified atom stereocenters. The number of carbonyl (C=O) groups excluding carboxylic acids is 1. The van der Waals surface area contributed by atoms with Crippen LogP contribution >= 0.6 is 0 Å². The van der Waals surface area contributed by atoms with Crippen molar-refractivity contribution < 1.29 is 4.79 Å². The molecule has 0 rings (SSSR count). The monoisotopic (exact) mass is 129 g/mol. The van der Waals surface area contributed by atoms with E-state index in [1.165, 1.54) is 0 Å². The van der Waals surface area contributed by atoms with Crippen molar-refractivity contribution in [2.45, 2.75) is 25.3 Å². The molecule has 0 aliphatic heterocycles. The van der Waals surface area contributed by atoms with Gasteiger partial charge in [-0.15, -0.1) is 0 Å². The molecule has 1 radical (unpaired) electrons. The maximum Gasteiger partial charge on any atom is 0.216 e. The van der Waals surface area contributed by atoms with Gasteiger partial charge in [-0.1, -0.05) is 6.42 Å². The average molecular weight is 129 g/mol. The first-order valence-corrected chi connectivity index (χ1v) is 3.14. The predicted molar refractivity (Wildman–Crippen MR) is 36.6 cm³/mol. The molecule has 1 atom stereocenters. The zero-order valence-electron chi connectivity index (χ0n) is 5.47. The lowest BCUT2D eigenvalue weighted by Gasteiger charge is -1.99. The van der Waals surface area contributed by atoms with E-state index in [1.807, 2.05) is 0 Å². The van der Waals surface area contributed by atoms with E-state index < -0.39 is 6.04 Å². The molecule has 0 aliphatic rings. The average Bonchev–Trinajstić information content (AvgIpc) is 1.89. The van der Waals surface area contributed by atoms with Gasteiger partial charge in [-0.25, -0.2) is 0 Å². The number of hydrogen-bond donors (Lipinski definition) is 2. The van der Waals surface area contributed by atoms with Crippen molar-refractivity contribution in [3.63, 3.8) is 0 Å². The highest BCUT2D eigenvalue weighted by Crippen LogP contribution is 1.94. The maximum absolute atomic E-state index is 9.82. The smallest absolute Gasteiger partial charge is 0.216 e. The molecule has 0 aromatic rings. The number of rotatable bonds is 5. The van der Waals surface area contributed by atoms with Gasteiger partial charge in [-0.2, -0.15) is 0 Å². The van der Waals surface area contributed by atoms with Crippen LogP contribution in [0, 0.1) is 0 Å². The van der Waals surface area contributed by atoms with E-state index in [0.717, 1.165) is 12.8 Å². The van der Waals surface area contributed by atoms with Gasteiger partial charge < -0.3 is 11.5 Å². The Morgan fingerprint density at radius 1 is 1.44 bits per heavy atom. The molecule has 0 saturated heterocycles. The van der Waals surface area contributed by atoms with Gasteiger partial charge >= 0.3 is 0 Å². The molecule has 0 heterocycles. The molecule has 9 heavy (non-hydrogen) atoms. The fraction of sp³-hybridized carbons (Fsp3) is 0.833. The predicted octanol–water partition coefficient (Wildman–Crippen LogP) is -0.448. The van der Waals surface area contributed by atoms with Crippen molar-refractivity contribution in [2.75, 3.05) is 6.54 Å². The van der Waals surface area contributed by atoms with Crippen molar-refractivity contribution in [2.24, 2.45) is 11.5 Å². The Bertz CT molecular complexity index is 75.5. The molecule has 3 heteroatoms. The van der Waals surface area contributed by atoms with Crippen LogP contribution in [0.4, 0.5) is 0 Å². The molecular weight excluding hydrogens is 116 g/mol. The summed E-state index contributed by atoms with van der Waals surface area (Å²) < 4.78 is 0. The van der Waals surface area contributed by atoms with Crippen LogP contribution in [0.15, 0.2) is 0 Å². The number of hydrogen-bond acceptors (Lipinski definition) is 3. The molecule has 0 bridgehead atoms. The highest BCUT2D eigenvalue weighted by molar-refractivity contribution is 5.57. The fourth-order valence-electron chi connectivity index (χ4n) is 0.568. The Labute approximate surface area is 55.4 Å². The summed E-state index contributed by atoms with van der Waals surface area (Å²) in [7, 11) is 0. The van der Waals surface area contributed by atoms with Crippen molar-refractivity contribution in [3.8, 4) is 0 Å². The van der Waals surface area contributed by atoms with Crippen LogP contribution < -0.4 is 11.5 Å². The van der Waals surface area contributed by atoms with E-state index in [2.05, 4.69) is 0 Å². The molecular formula is C6H13N2O. The first-order chi connectivity index (χ1) is 4.31. The van der Waals surface area contributed by atoms with Crippen LogP contribution in [0.3, 0.4) is 0 Å². The van der Waals surface area contributed by atoms with Gasteiger partial charge in [0.1, 0.15) is 0 Å². The Kier molecular flexibility index (Phi) is 5.46. The van der Waals surface area contributed by atoms with Crippen molar-refractivity contribution >= 4 is 6.29 Å².